The molecule has 8 heteroatoms. The van der Waals surface area contributed by atoms with Gasteiger partial charge in [-0.2, -0.15) is 0 Å². The maximum absolute atomic E-state index is 14.1. The van der Waals surface area contributed by atoms with Crippen LogP contribution >= 0.6 is 0 Å². The Balaban J connectivity index is 2.02. The predicted octanol–water partition coefficient (Wildman–Crippen LogP) is 5.53. The molecule has 0 aliphatic carbocycles. The van der Waals surface area contributed by atoms with E-state index >= 15 is 0 Å². The van der Waals surface area contributed by atoms with Crippen LogP contribution in [0, 0.1) is 20.8 Å². The average molecular weight is 564 g/mol. The largest absolute Gasteiger partial charge is 0.354 e. The van der Waals surface area contributed by atoms with Crippen LogP contribution in [-0.4, -0.2) is 44.3 Å². The van der Waals surface area contributed by atoms with Gasteiger partial charge in [0.25, 0.3) is 10.0 Å². The van der Waals surface area contributed by atoms with Crippen molar-refractivity contribution in [1.29, 1.82) is 0 Å². The summed E-state index contributed by atoms with van der Waals surface area (Å²) in [5.41, 5.74) is 4.23. The summed E-state index contributed by atoms with van der Waals surface area (Å²) in [6.45, 7) is 9.96. The van der Waals surface area contributed by atoms with E-state index in [0.29, 0.717) is 18.7 Å². The standard InChI is InChI=1S/C32H41N3O4S/c1-6-8-21-33-32(37)30(7-2)34(22-27-15-9-24(3)10-16-27)31(36)23-35(28-17-11-25(4)12-18-28)40(38,39)29-19-13-26(5)14-20-29/h9-20,30H,6-8,21-23H2,1-5H3,(H,33,37). The maximum Gasteiger partial charge on any atom is 0.264 e. The lowest BCUT2D eigenvalue weighted by atomic mass is 10.1. The number of anilines is 1. The number of amides is 2. The summed E-state index contributed by atoms with van der Waals surface area (Å²) in [5.74, 6) is -0.686. The van der Waals surface area contributed by atoms with Gasteiger partial charge in [-0.1, -0.05) is 85.5 Å². The fraction of sp³-hybridized carbons (Fsp3) is 0.375. The number of carbonyl (C=O) groups excluding carboxylic acids is 2. The van der Waals surface area contributed by atoms with Gasteiger partial charge in [-0.3, -0.25) is 13.9 Å². The Morgan fingerprint density at radius 3 is 1.85 bits per heavy atom. The van der Waals surface area contributed by atoms with E-state index in [1.807, 2.05) is 71.0 Å². The van der Waals surface area contributed by atoms with Gasteiger partial charge in [0.15, 0.2) is 0 Å². The zero-order valence-electron chi connectivity index (χ0n) is 24.2. The van der Waals surface area contributed by atoms with Gasteiger partial charge in [-0.05, 0) is 63.4 Å². The molecule has 3 aromatic carbocycles. The molecule has 0 heterocycles. The molecule has 2 amide bonds. The molecule has 0 spiro atoms. The topological polar surface area (TPSA) is 86.8 Å². The van der Waals surface area contributed by atoms with Gasteiger partial charge >= 0.3 is 0 Å². The Hall–Kier alpha value is -3.65. The lowest BCUT2D eigenvalue weighted by Crippen LogP contribution is -2.52. The first-order chi connectivity index (χ1) is 19.1. The van der Waals surface area contributed by atoms with Gasteiger partial charge in [0.1, 0.15) is 12.6 Å². The van der Waals surface area contributed by atoms with Gasteiger partial charge in [-0.15, -0.1) is 0 Å². The molecule has 0 aliphatic heterocycles. The lowest BCUT2D eigenvalue weighted by Gasteiger charge is -2.33. The second kappa shape index (κ2) is 14.1. The number of nitrogens with zero attached hydrogens (tertiary/aromatic N) is 2. The number of benzene rings is 3. The lowest BCUT2D eigenvalue weighted by molar-refractivity contribution is -0.140. The minimum atomic E-state index is -4.08. The first-order valence-corrected chi connectivity index (χ1v) is 15.3. The van der Waals surface area contributed by atoms with Crippen LogP contribution in [0.15, 0.2) is 77.7 Å². The van der Waals surface area contributed by atoms with Gasteiger partial charge in [0.05, 0.1) is 10.6 Å². The molecular weight excluding hydrogens is 522 g/mol. The molecule has 0 aromatic heterocycles. The highest BCUT2D eigenvalue weighted by Gasteiger charge is 2.33. The highest BCUT2D eigenvalue weighted by molar-refractivity contribution is 7.92. The first kappa shape index (κ1) is 30.9. The number of sulfonamides is 1. The van der Waals surface area contributed by atoms with Crippen molar-refractivity contribution in [3.8, 4) is 0 Å². The number of unbranched alkanes of at least 4 members (excludes halogenated alkanes) is 1. The number of rotatable bonds is 13. The quantitative estimate of drug-likeness (QED) is 0.277. The Bertz CT molecular complexity index is 1370. The van der Waals surface area contributed by atoms with E-state index in [9.17, 15) is 18.0 Å². The predicted molar refractivity (Wildman–Crippen MR) is 161 cm³/mol. The SMILES string of the molecule is CCCCNC(=O)C(CC)N(Cc1ccc(C)cc1)C(=O)CN(c1ccc(C)cc1)S(=O)(=O)c1ccc(C)cc1. The summed E-state index contributed by atoms with van der Waals surface area (Å²) in [6, 6.07) is 20.6. The zero-order valence-corrected chi connectivity index (χ0v) is 25.0. The molecule has 214 valence electrons. The number of hydrogen-bond acceptors (Lipinski definition) is 4. The maximum atomic E-state index is 14.1. The number of carbonyl (C=O) groups is 2. The van der Waals surface area contributed by atoms with Crippen molar-refractivity contribution >= 4 is 27.5 Å². The van der Waals surface area contributed by atoms with Crippen molar-refractivity contribution in [2.45, 2.75) is 71.4 Å². The van der Waals surface area contributed by atoms with Gasteiger partial charge in [-0.25, -0.2) is 8.42 Å². The summed E-state index contributed by atoms with van der Waals surface area (Å²) in [4.78, 5) is 28.9. The van der Waals surface area contributed by atoms with Crippen LogP contribution in [0.25, 0.3) is 0 Å². The van der Waals surface area contributed by atoms with Crippen molar-refractivity contribution in [1.82, 2.24) is 10.2 Å². The van der Waals surface area contributed by atoms with Crippen LogP contribution in [0.3, 0.4) is 0 Å². The third-order valence-corrected chi connectivity index (χ3v) is 8.69. The molecule has 40 heavy (non-hydrogen) atoms. The van der Waals surface area contributed by atoms with Crippen LogP contribution in [0.4, 0.5) is 5.69 Å². The van der Waals surface area contributed by atoms with Crippen molar-refractivity contribution in [3.05, 3.63) is 95.1 Å². The fourth-order valence-electron chi connectivity index (χ4n) is 4.39. The van der Waals surface area contributed by atoms with Crippen LogP contribution in [-0.2, 0) is 26.2 Å². The molecule has 0 radical (unpaired) electrons. The van der Waals surface area contributed by atoms with Gasteiger partial charge in [0.2, 0.25) is 11.8 Å². The third kappa shape index (κ3) is 7.94. The van der Waals surface area contributed by atoms with E-state index in [2.05, 4.69) is 5.32 Å². The highest BCUT2D eigenvalue weighted by Crippen LogP contribution is 2.25. The smallest absolute Gasteiger partial charge is 0.264 e. The minimum Gasteiger partial charge on any atom is -0.354 e. The van der Waals surface area contributed by atoms with Crippen LogP contribution in [0.5, 0.6) is 0 Å². The molecule has 1 N–H and O–H groups in total. The second-order valence-electron chi connectivity index (χ2n) is 10.2. The van der Waals surface area contributed by atoms with E-state index in [1.165, 1.54) is 4.90 Å². The number of aryl methyl sites for hydroxylation is 3. The Morgan fingerprint density at radius 2 is 1.32 bits per heavy atom. The second-order valence-corrected chi connectivity index (χ2v) is 12.1. The van der Waals surface area contributed by atoms with Crippen LogP contribution in [0.1, 0.15) is 55.4 Å². The van der Waals surface area contributed by atoms with E-state index in [-0.39, 0.29) is 17.3 Å². The number of nitrogens with one attached hydrogen (secondary N) is 1. The Labute approximate surface area is 239 Å². The van der Waals surface area contributed by atoms with Crippen molar-refractivity contribution < 1.29 is 18.0 Å². The summed E-state index contributed by atoms with van der Waals surface area (Å²) >= 11 is 0. The normalized spacial score (nSPS) is 12.0. The molecule has 1 unspecified atom stereocenters. The summed E-state index contributed by atoms with van der Waals surface area (Å²) in [7, 11) is -4.08. The molecular formula is C32H41N3O4S. The van der Waals surface area contributed by atoms with E-state index in [1.54, 1.807) is 36.4 Å². The molecule has 3 rings (SSSR count). The molecule has 0 saturated heterocycles. The van der Waals surface area contributed by atoms with Crippen molar-refractivity contribution in [2.24, 2.45) is 0 Å². The first-order valence-electron chi connectivity index (χ1n) is 13.9. The Morgan fingerprint density at radius 1 is 0.800 bits per heavy atom. The molecule has 0 bridgehead atoms. The third-order valence-electron chi connectivity index (χ3n) is 6.90. The van der Waals surface area contributed by atoms with Gasteiger partial charge < -0.3 is 10.2 Å². The van der Waals surface area contributed by atoms with Crippen molar-refractivity contribution in [2.75, 3.05) is 17.4 Å². The van der Waals surface area contributed by atoms with E-state index < -0.39 is 28.5 Å². The van der Waals surface area contributed by atoms with Gasteiger partial charge in [0, 0.05) is 13.1 Å². The highest BCUT2D eigenvalue weighted by atomic mass is 32.2. The van der Waals surface area contributed by atoms with Crippen LogP contribution in [0.2, 0.25) is 0 Å². The zero-order chi connectivity index (χ0) is 29.3. The fourth-order valence-corrected chi connectivity index (χ4v) is 5.81. The monoisotopic (exact) mass is 563 g/mol. The molecule has 1 atom stereocenters. The van der Waals surface area contributed by atoms with Crippen LogP contribution < -0.4 is 9.62 Å². The number of hydrogen-bond donors (Lipinski definition) is 1. The molecule has 0 saturated carbocycles. The van der Waals surface area contributed by atoms with E-state index in [4.69, 9.17) is 0 Å². The molecule has 7 nitrogen and oxygen atoms in total. The summed E-state index contributed by atoms with van der Waals surface area (Å²) in [5, 5.41) is 2.95. The summed E-state index contributed by atoms with van der Waals surface area (Å²) in [6.07, 6.45) is 2.17. The summed E-state index contributed by atoms with van der Waals surface area (Å²) < 4.78 is 29.0. The molecule has 0 aliphatic rings. The molecule has 0 fully saturated rings. The Kier molecular flexibility index (Phi) is 10.9. The van der Waals surface area contributed by atoms with Crippen molar-refractivity contribution in [3.63, 3.8) is 0 Å². The average Bonchev–Trinajstić information content (AvgIpc) is 2.93. The molecule has 3 aromatic rings. The minimum absolute atomic E-state index is 0.0981. The van der Waals surface area contributed by atoms with E-state index in [0.717, 1.165) is 39.4 Å².